The van der Waals surface area contributed by atoms with Crippen LogP contribution in [0.5, 0.6) is 0 Å². The van der Waals surface area contributed by atoms with Gasteiger partial charge in [-0.1, -0.05) is 11.6 Å². The molecule has 1 amide bonds. The van der Waals surface area contributed by atoms with Gasteiger partial charge in [0, 0.05) is 6.42 Å². The highest BCUT2D eigenvalue weighted by atomic mass is 79.9. The molecule has 0 bridgehead atoms. The Kier molecular flexibility index (Phi) is 5.01. The molecule has 6 heteroatoms. The average Bonchev–Trinajstić information content (AvgIpc) is 2.20. The molecular weight excluding hydrogens is 281 g/mol. The summed E-state index contributed by atoms with van der Waals surface area (Å²) >= 11 is 8.94. The Morgan fingerprint density at radius 2 is 2.40 bits per heavy atom. The number of hydrogen-bond acceptors (Lipinski definition) is 3. The number of carbonyl (C=O) groups excluding carboxylic acids is 1. The Balaban J connectivity index is 2.57. The van der Waals surface area contributed by atoms with Gasteiger partial charge in [-0.25, -0.2) is 4.98 Å². The monoisotopic (exact) mass is 291 g/mol. The van der Waals surface area contributed by atoms with Gasteiger partial charge in [-0.15, -0.1) is 0 Å². The molecule has 0 aliphatic heterocycles. The molecule has 0 spiro atoms. The Labute approximate surface area is 101 Å². The summed E-state index contributed by atoms with van der Waals surface area (Å²) < 4.78 is 0.654. The molecule has 15 heavy (non-hydrogen) atoms. The quantitative estimate of drug-likeness (QED) is 0.836. The fourth-order valence-corrected chi connectivity index (χ4v) is 1.43. The lowest BCUT2D eigenvalue weighted by molar-refractivity contribution is -0.116. The van der Waals surface area contributed by atoms with E-state index in [-0.39, 0.29) is 5.91 Å². The van der Waals surface area contributed by atoms with E-state index in [1.807, 2.05) is 0 Å². The lowest BCUT2D eigenvalue weighted by Crippen LogP contribution is -2.13. The molecule has 0 aromatic carbocycles. The fraction of sp³-hybridized carbons (Fsp3) is 0.333. The summed E-state index contributed by atoms with van der Waals surface area (Å²) in [7, 11) is 0. The zero-order chi connectivity index (χ0) is 11.3. The van der Waals surface area contributed by atoms with Crippen LogP contribution in [-0.4, -0.2) is 17.4 Å². The number of nitrogens with zero attached hydrogens (tertiary/aromatic N) is 1. The molecule has 0 radical (unpaired) electrons. The second-order valence-corrected chi connectivity index (χ2v) is 4.15. The Morgan fingerprint density at radius 1 is 1.67 bits per heavy atom. The molecule has 1 aromatic heterocycles. The minimum atomic E-state index is -0.0727. The van der Waals surface area contributed by atoms with Gasteiger partial charge in [0.1, 0.15) is 5.15 Å². The maximum Gasteiger partial charge on any atom is 0.224 e. The molecule has 0 aliphatic rings. The second-order valence-electron chi connectivity index (χ2n) is 2.94. The number of hydrogen-bond donors (Lipinski definition) is 2. The van der Waals surface area contributed by atoms with Crippen molar-refractivity contribution in [3.8, 4) is 0 Å². The third-order valence-electron chi connectivity index (χ3n) is 1.69. The predicted molar refractivity (Wildman–Crippen MR) is 63.9 cm³/mol. The highest BCUT2D eigenvalue weighted by molar-refractivity contribution is 9.10. The second kappa shape index (κ2) is 6.05. The van der Waals surface area contributed by atoms with Gasteiger partial charge in [0.2, 0.25) is 5.91 Å². The van der Waals surface area contributed by atoms with Crippen LogP contribution in [0.25, 0.3) is 0 Å². The lowest BCUT2D eigenvalue weighted by atomic mass is 10.3. The minimum Gasteiger partial charge on any atom is -0.330 e. The molecule has 0 fully saturated rings. The summed E-state index contributed by atoms with van der Waals surface area (Å²) in [6, 6.07) is 1.70. The van der Waals surface area contributed by atoms with Gasteiger partial charge in [-0.3, -0.25) is 4.79 Å². The standard InChI is InChI=1S/C9H11BrClN3O/c10-7-4-6(5-13-9(7)11)14-8(15)2-1-3-12/h4-5H,1-3,12H2,(H,14,15). The summed E-state index contributed by atoms with van der Waals surface area (Å²) in [5.74, 6) is -0.0727. The van der Waals surface area contributed by atoms with E-state index >= 15 is 0 Å². The highest BCUT2D eigenvalue weighted by Crippen LogP contribution is 2.22. The van der Waals surface area contributed by atoms with Crippen LogP contribution in [0, 0.1) is 0 Å². The van der Waals surface area contributed by atoms with E-state index in [4.69, 9.17) is 17.3 Å². The molecule has 0 saturated heterocycles. The summed E-state index contributed by atoms with van der Waals surface area (Å²) in [4.78, 5) is 15.2. The zero-order valence-corrected chi connectivity index (χ0v) is 10.3. The van der Waals surface area contributed by atoms with Gasteiger partial charge >= 0.3 is 0 Å². The molecular formula is C9H11BrClN3O. The van der Waals surface area contributed by atoms with Gasteiger partial charge in [0.05, 0.1) is 16.4 Å². The summed E-state index contributed by atoms with van der Waals surface area (Å²) in [5, 5.41) is 3.07. The zero-order valence-electron chi connectivity index (χ0n) is 7.96. The number of rotatable bonds is 4. The molecule has 1 aromatic rings. The molecule has 4 nitrogen and oxygen atoms in total. The Hall–Kier alpha value is -0.650. The number of carbonyl (C=O) groups is 1. The number of nitrogens with one attached hydrogen (secondary N) is 1. The van der Waals surface area contributed by atoms with E-state index < -0.39 is 0 Å². The van der Waals surface area contributed by atoms with Crippen molar-refractivity contribution in [2.45, 2.75) is 12.8 Å². The number of aromatic nitrogens is 1. The maximum absolute atomic E-state index is 11.3. The van der Waals surface area contributed by atoms with Crippen LogP contribution >= 0.6 is 27.5 Å². The van der Waals surface area contributed by atoms with Crippen molar-refractivity contribution in [3.05, 3.63) is 21.9 Å². The van der Waals surface area contributed by atoms with Crippen molar-refractivity contribution in [1.29, 1.82) is 0 Å². The number of pyridine rings is 1. The van der Waals surface area contributed by atoms with E-state index in [2.05, 4.69) is 26.2 Å². The molecule has 0 unspecified atom stereocenters. The number of anilines is 1. The van der Waals surface area contributed by atoms with Crippen LogP contribution in [0.4, 0.5) is 5.69 Å². The summed E-state index contributed by atoms with van der Waals surface area (Å²) in [5.41, 5.74) is 5.92. The lowest BCUT2D eigenvalue weighted by Gasteiger charge is -2.05. The van der Waals surface area contributed by atoms with Gasteiger partial charge in [-0.2, -0.15) is 0 Å². The predicted octanol–water partition coefficient (Wildman–Crippen LogP) is 2.17. The average molecular weight is 293 g/mol. The van der Waals surface area contributed by atoms with Crippen molar-refractivity contribution in [2.75, 3.05) is 11.9 Å². The van der Waals surface area contributed by atoms with Gasteiger partial charge in [-0.05, 0) is 35.0 Å². The first-order valence-electron chi connectivity index (χ1n) is 4.44. The molecule has 0 saturated carbocycles. The van der Waals surface area contributed by atoms with Gasteiger partial charge in [0.15, 0.2) is 0 Å². The Bertz CT molecular complexity index is 359. The van der Waals surface area contributed by atoms with Crippen molar-refractivity contribution < 1.29 is 4.79 Å². The molecule has 82 valence electrons. The number of halogens is 2. The van der Waals surface area contributed by atoms with Crippen molar-refractivity contribution in [2.24, 2.45) is 5.73 Å². The third kappa shape index (κ3) is 4.15. The topological polar surface area (TPSA) is 68.0 Å². The van der Waals surface area contributed by atoms with Crippen molar-refractivity contribution in [1.82, 2.24) is 4.98 Å². The summed E-state index contributed by atoms with van der Waals surface area (Å²) in [6.07, 6.45) is 2.60. The maximum atomic E-state index is 11.3. The molecule has 1 rings (SSSR count). The number of nitrogens with two attached hydrogens (primary N) is 1. The molecule has 1 heterocycles. The normalized spacial score (nSPS) is 10.1. The third-order valence-corrected chi connectivity index (χ3v) is 2.82. The first-order chi connectivity index (χ1) is 7.13. The van der Waals surface area contributed by atoms with Crippen LogP contribution in [0.2, 0.25) is 5.15 Å². The largest absolute Gasteiger partial charge is 0.330 e. The SMILES string of the molecule is NCCCC(=O)Nc1cnc(Cl)c(Br)c1. The van der Waals surface area contributed by atoms with Gasteiger partial charge in [0.25, 0.3) is 0 Å². The smallest absolute Gasteiger partial charge is 0.224 e. The molecule has 3 N–H and O–H groups in total. The summed E-state index contributed by atoms with van der Waals surface area (Å²) in [6.45, 7) is 0.510. The first kappa shape index (κ1) is 12.4. The van der Waals surface area contributed by atoms with E-state index in [0.717, 1.165) is 0 Å². The van der Waals surface area contributed by atoms with Crippen LogP contribution < -0.4 is 11.1 Å². The van der Waals surface area contributed by atoms with E-state index in [1.165, 1.54) is 6.20 Å². The van der Waals surface area contributed by atoms with E-state index in [1.54, 1.807) is 6.07 Å². The van der Waals surface area contributed by atoms with Crippen LogP contribution in [0.3, 0.4) is 0 Å². The Morgan fingerprint density at radius 3 is 3.00 bits per heavy atom. The van der Waals surface area contributed by atoms with E-state index in [0.29, 0.717) is 34.7 Å². The van der Waals surface area contributed by atoms with Gasteiger partial charge < -0.3 is 11.1 Å². The van der Waals surface area contributed by atoms with Crippen LogP contribution in [0.1, 0.15) is 12.8 Å². The van der Waals surface area contributed by atoms with Crippen molar-refractivity contribution >= 4 is 39.1 Å². The first-order valence-corrected chi connectivity index (χ1v) is 5.61. The highest BCUT2D eigenvalue weighted by Gasteiger charge is 2.04. The van der Waals surface area contributed by atoms with Crippen molar-refractivity contribution in [3.63, 3.8) is 0 Å². The van der Waals surface area contributed by atoms with Crippen LogP contribution in [-0.2, 0) is 4.79 Å². The van der Waals surface area contributed by atoms with E-state index in [9.17, 15) is 4.79 Å². The van der Waals surface area contributed by atoms with Crippen LogP contribution in [0.15, 0.2) is 16.7 Å². The molecule has 0 atom stereocenters. The minimum absolute atomic E-state index is 0.0727. The fourth-order valence-electron chi connectivity index (χ4n) is 0.976. The molecule has 0 aliphatic carbocycles. The number of amides is 1.